The summed E-state index contributed by atoms with van der Waals surface area (Å²) >= 11 is 1.60. The number of nitrogens with one attached hydrogen (secondary N) is 1. The van der Waals surface area contributed by atoms with Crippen LogP contribution < -0.4 is 10.1 Å². The second-order valence-corrected chi connectivity index (χ2v) is 6.50. The largest absolute Gasteiger partial charge is 0.481 e. The van der Waals surface area contributed by atoms with E-state index < -0.39 is 6.10 Å². The molecule has 1 N–H and O–H groups in total. The molecule has 1 atom stereocenters. The van der Waals surface area contributed by atoms with Gasteiger partial charge in [0, 0.05) is 4.88 Å². The van der Waals surface area contributed by atoms with Crippen LogP contribution in [0.3, 0.4) is 0 Å². The van der Waals surface area contributed by atoms with Gasteiger partial charge in [0.15, 0.2) is 11.2 Å². The van der Waals surface area contributed by atoms with Crippen molar-refractivity contribution in [2.45, 2.75) is 45.1 Å². The topological polar surface area (TPSA) is 51.2 Å². The lowest BCUT2D eigenvalue weighted by molar-refractivity contribution is -0.122. The maximum Gasteiger partial charge on any atom is 0.267 e. The highest BCUT2D eigenvalue weighted by molar-refractivity contribution is 7.15. The van der Waals surface area contributed by atoms with Crippen molar-refractivity contribution in [1.29, 1.82) is 0 Å². The monoisotopic (exact) mass is 316 g/mol. The van der Waals surface area contributed by atoms with Gasteiger partial charge in [-0.1, -0.05) is 25.1 Å². The molecule has 4 nitrogen and oxygen atoms in total. The van der Waals surface area contributed by atoms with E-state index in [1.54, 1.807) is 11.3 Å². The minimum Gasteiger partial charge on any atom is -0.481 e. The number of aromatic nitrogens is 1. The normalized spacial score (nSPS) is 15.0. The van der Waals surface area contributed by atoms with Crippen molar-refractivity contribution in [3.05, 3.63) is 40.9 Å². The maximum atomic E-state index is 12.4. The molecule has 1 amide bonds. The number of benzene rings is 1. The second-order valence-electron chi connectivity index (χ2n) is 5.41. The zero-order valence-corrected chi connectivity index (χ0v) is 13.5. The third kappa shape index (κ3) is 3.47. The Morgan fingerprint density at radius 3 is 2.82 bits per heavy atom. The first-order chi connectivity index (χ1) is 10.8. The summed E-state index contributed by atoms with van der Waals surface area (Å²) in [4.78, 5) is 18.3. The van der Waals surface area contributed by atoms with Crippen molar-refractivity contribution in [3.63, 3.8) is 0 Å². The summed E-state index contributed by atoms with van der Waals surface area (Å²) < 4.78 is 5.76. The first-order valence-corrected chi connectivity index (χ1v) is 8.59. The van der Waals surface area contributed by atoms with Crippen molar-refractivity contribution < 1.29 is 9.53 Å². The molecule has 1 aliphatic carbocycles. The van der Waals surface area contributed by atoms with E-state index in [-0.39, 0.29) is 5.91 Å². The van der Waals surface area contributed by atoms with Crippen LogP contribution in [-0.4, -0.2) is 17.0 Å². The Morgan fingerprint density at radius 2 is 2.09 bits per heavy atom. The number of aryl methyl sites for hydroxylation is 2. The number of thiazole rings is 1. The van der Waals surface area contributed by atoms with Gasteiger partial charge in [0.25, 0.3) is 5.91 Å². The second kappa shape index (κ2) is 6.92. The number of amides is 1. The summed E-state index contributed by atoms with van der Waals surface area (Å²) in [7, 11) is 0. The van der Waals surface area contributed by atoms with Gasteiger partial charge in [0.05, 0.1) is 5.69 Å². The molecule has 0 saturated heterocycles. The molecule has 0 saturated carbocycles. The van der Waals surface area contributed by atoms with Crippen LogP contribution in [0.1, 0.15) is 36.8 Å². The van der Waals surface area contributed by atoms with Crippen LogP contribution in [0, 0.1) is 0 Å². The average molecular weight is 316 g/mol. The molecule has 1 aromatic carbocycles. The highest BCUT2D eigenvalue weighted by atomic mass is 32.1. The fraction of sp³-hybridized carbons (Fsp3) is 0.412. The maximum absolute atomic E-state index is 12.4. The van der Waals surface area contributed by atoms with Crippen LogP contribution in [0.15, 0.2) is 30.3 Å². The van der Waals surface area contributed by atoms with E-state index in [4.69, 9.17) is 4.74 Å². The number of ether oxygens (including phenoxy) is 1. The number of para-hydroxylation sites is 1. The number of carbonyl (C=O) groups is 1. The van der Waals surface area contributed by atoms with Crippen LogP contribution in [0.5, 0.6) is 5.75 Å². The Labute approximate surface area is 134 Å². The molecule has 1 heterocycles. The summed E-state index contributed by atoms with van der Waals surface area (Å²) in [6, 6.07) is 9.44. The summed E-state index contributed by atoms with van der Waals surface area (Å²) in [6.45, 7) is 1.94. The molecule has 0 spiro atoms. The molecule has 22 heavy (non-hydrogen) atoms. The van der Waals surface area contributed by atoms with Crippen molar-refractivity contribution in [2.24, 2.45) is 0 Å². The van der Waals surface area contributed by atoms with Gasteiger partial charge in [0.1, 0.15) is 5.75 Å². The van der Waals surface area contributed by atoms with Gasteiger partial charge in [-0.2, -0.15) is 0 Å². The van der Waals surface area contributed by atoms with E-state index >= 15 is 0 Å². The molecule has 0 bridgehead atoms. The van der Waals surface area contributed by atoms with E-state index in [2.05, 4.69) is 10.3 Å². The van der Waals surface area contributed by atoms with Crippen LogP contribution >= 0.6 is 11.3 Å². The van der Waals surface area contributed by atoms with Gasteiger partial charge in [0.2, 0.25) is 0 Å². The molecule has 2 aromatic rings. The molecule has 0 radical (unpaired) electrons. The zero-order chi connectivity index (χ0) is 15.4. The molecule has 0 aliphatic heterocycles. The number of fused-ring (bicyclic) bond motifs is 1. The predicted octanol–water partition coefficient (Wildman–Crippen LogP) is 3.82. The lowest BCUT2D eigenvalue weighted by Gasteiger charge is -2.16. The zero-order valence-electron chi connectivity index (χ0n) is 12.7. The predicted molar refractivity (Wildman–Crippen MR) is 88.5 cm³/mol. The van der Waals surface area contributed by atoms with E-state index in [1.807, 2.05) is 37.3 Å². The summed E-state index contributed by atoms with van der Waals surface area (Å²) in [5.74, 6) is 0.584. The summed E-state index contributed by atoms with van der Waals surface area (Å²) in [5, 5.41) is 3.61. The number of nitrogens with zero attached hydrogens (tertiary/aromatic N) is 1. The Hall–Kier alpha value is -1.88. The molecule has 1 aliphatic rings. The third-order valence-corrected chi connectivity index (χ3v) is 4.83. The molecule has 0 fully saturated rings. The van der Waals surface area contributed by atoms with Crippen molar-refractivity contribution in [3.8, 4) is 5.75 Å². The third-order valence-electron chi connectivity index (χ3n) is 3.76. The van der Waals surface area contributed by atoms with E-state index in [0.29, 0.717) is 17.3 Å². The van der Waals surface area contributed by atoms with E-state index in [1.165, 1.54) is 17.7 Å². The average Bonchev–Trinajstić information content (AvgIpc) is 2.95. The lowest BCUT2D eigenvalue weighted by Crippen LogP contribution is -2.32. The van der Waals surface area contributed by atoms with E-state index in [0.717, 1.165) is 18.5 Å². The molecule has 3 rings (SSSR count). The fourth-order valence-corrected chi connectivity index (χ4v) is 3.63. The molecule has 0 unspecified atom stereocenters. The van der Waals surface area contributed by atoms with Gasteiger partial charge in [-0.05, 0) is 44.2 Å². The highest BCUT2D eigenvalue weighted by Crippen LogP contribution is 2.29. The van der Waals surface area contributed by atoms with Crippen molar-refractivity contribution >= 4 is 22.4 Å². The fourth-order valence-electron chi connectivity index (χ4n) is 2.58. The minimum absolute atomic E-state index is 0.127. The Balaban J connectivity index is 1.65. The number of carbonyl (C=O) groups excluding carboxylic acids is 1. The van der Waals surface area contributed by atoms with Crippen molar-refractivity contribution in [2.75, 3.05) is 5.32 Å². The Bertz CT molecular complexity index is 616. The van der Waals surface area contributed by atoms with E-state index in [9.17, 15) is 4.79 Å². The van der Waals surface area contributed by atoms with Crippen LogP contribution in [0.4, 0.5) is 5.13 Å². The summed E-state index contributed by atoms with van der Waals surface area (Å²) in [6.07, 6.45) is 4.64. The van der Waals surface area contributed by atoms with Gasteiger partial charge in [-0.15, -0.1) is 11.3 Å². The highest BCUT2D eigenvalue weighted by Gasteiger charge is 2.21. The molecule has 116 valence electrons. The molecule has 1 aromatic heterocycles. The lowest BCUT2D eigenvalue weighted by atomic mass is 10.0. The van der Waals surface area contributed by atoms with Crippen LogP contribution in [-0.2, 0) is 17.6 Å². The van der Waals surface area contributed by atoms with Gasteiger partial charge >= 0.3 is 0 Å². The first kappa shape index (κ1) is 15.0. The van der Waals surface area contributed by atoms with Gasteiger partial charge in [-0.3, -0.25) is 10.1 Å². The van der Waals surface area contributed by atoms with Gasteiger partial charge in [-0.25, -0.2) is 4.98 Å². The number of hydrogen-bond donors (Lipinski definition) is 1. The number of rotatable bonds is 5. The number of hydrogen-bond acceptors (Lipinski definition) is 4. The Morgan fingerprint density at radius 1 is 1.32 bits per heavy atom. The molecule has 5 heteroatoms. The number of anilines is 1. The molecular weight excluding hydrogens is 296 g/mol. The van der Waals surface area contributed by atoms with Crippen LogP contribution in [0.2, 0.25) is 0 Å². The van der Waals surface area contributed by atoms with Gasteiger partial charge < -0.3 is 4.74 Å². The summed E-state index contributed by atoms with van der Waals surface area (Å²) in [5.41, 5.74) is 1.16. The quantitative estimate of drug-likeness (QED) is 0.912. The Kier molecular flexibility index (Phi) is 4.73. The smallest absolute Gasteiger partial charge is 0.267 e. The van der Waals surface area contributed by atoms with Crippen molar-refractivity contribution in [1.82, 2.24) is 4.98 Å². The standard InChI is InChI=1S/C17H20N2O2S/c1-2-14(21-12-8-4-3-5-9-12)16(20)19-17-18-13-10-6-7-11-15(13)22-17/h3-5,8-9,14H,2,6-7,10-11H2,1H3,(H,18,19,20)/t14-/m0/s1. The first-order valence-electron chi connectivity index (χ1n) is 7.77. The van der Waals surface area contributed by atoms with Crippen LogP contribution in [0.25, 0.3) is 0 Å². The SMILES string of the molecule is CC[C@H](Oc1ccccc1)C(=O)Nc1nc2c(s1)CCCC2. The minimum atomic E-state index is -0.497. The molecular formula is C17H20N2O2S.